The zero-order chi connectivity index (χ0) is 12.8. The molecule has 0 radical (unpaired) electrons. The third kappa shape index (κ3) is 5.36. The van der Waals surface area contributed by atoms with Crippen LogP contribution in [0.1, 0.15) is 5.56 Å². The fraction of sp³-hybridized carbons (Fsp3) is 0.500. The topological polar surface area (TPSA) is 32.7 Å². The summed E-state index contributed by atoms with van der Waals surface area (Å²) >= 11 is 9.52. The van der Waals surface area contributed by atoms with Gasteiger partial charge in [0, 0.05) is 29.7 Å². The van der Waals surface area contributed by atoms with Crippen molar-refractivity contribution in [3.8, 4) is 0 Å². The van der Waals surface area contributed by atoms with Crippen LogP contribution in [0.2, 0.25) is 5.02 Å². The van der Waals surface area contributed by atoms with Crippen LogP contribution >= 0.6 is 27.5 Å². The number of aliphatic hydroxyl groups excluding tert-OH is 1. The van der Waals surface area contributed by atoms with Gasteiger partial charge in [0.25, 0.3) is 0 Å². The molecule has 0 spiro atoms. The molecule has 0 aliphatic rings. The number of ether oxygens (including phenoxy) is 1. The van der Waals surface area contributed by atoms with E-state index in [2.05, 4.69) is 15.9 Å². The maximum atomic E-state index is 9.61. The van der Waals surface area contributed by atoms with E-state index in [0.29, 0.717) is 19.7 Å². The Balaban J connectivity index is 2.55. The number of hydrogen-bond acceptors (Lipinski definition) is 3. The third-order valence-corrected chi connectivity index (χ3v) is 3.19. The smallest absolute Gasteiger partial charge is 0.0900 e. The highest BCUT2D eigenvalue weighted by molar-refractivity contribution is 9.10. The highest BCUT2D eigenvalue weighted by atomic mass is 79.9. The van der Waals surface area contributed by atoms with Gasteiger partial charge in [0.05, 0.1) is 12.7 Å². The molecule has 3 nitrogen and oxygen atoms in total. The summed E-state index contributed by atoms with van der Waals surface area (Å²) in [4.78, 5) is 2.01. The summed E-state index contributed by atoms with van der Waals surface area (Å²) in [5, 5.41) is 10.3. The van der Waals surface area contributed by atoms with Crippen LogP contribution in [0.4, 0.5) is 0 Å². The lowest BCUT2D eigenvalue weighted by molar-refractivity contribution is 0.0419. The van der Waals surface area contributed by atoms with E-state index in [-0.39, 0.29) is 0 Å². The van der Waals surface area contributed by atoms with E-state index in [1.807, 2.05) is 30.1 Å². The zero-order valence-electron chi connectivity index (χ0n) is 9.99. The first-order valence-corrected chi connectivity index (χ1v) is 6.49. The van der Waals surface area contributed by atoms with Crippen LogP contribution in [-0.4, -0.2) is 43.4 Å². The van der Waals surface area contributed by atoms with E-state index >= 15 is 0 Å². The number of nitrogens with zero attached hydrogens (tertiary/aromatic N) is 1. The molecule has 17 heavy (non-hydrogen) atoms. The molecule has 1 unspecified atom stereocenters. The number of rotatable bonds is 6. The molecular formula is C12H17BrClNO2. The van der Waals surface area contributed by atoms with Gasteiger partial charge in [-0.15, -0.1) is 0 Å². The Labute approximate surface area is 115 Å². The lowest BCUT2D eigenvalue weighted by Gasteiger charge is -2.20. The van der Waals surface area contributed by atoms with Gasteiger partial charge in [-0.2, -0.15) is 0 Å². The minimum atomic E-state index is -0.476. The van der Waals surface area contributed by atoms with Gasteiger partial charge in [-0.25, -0.2) is 0 Å². The second-order valence-corrected chi connectivity index (χ2v) is 5.36. The number of benzene rings is 1. The van der Waals surface area contributed by atoms with Crippen molar-refractivity contribution in [1.82, 2.24) is 4.90 Å². The Morgan fingerprint density at radius 3 is 2.88 bits per heavy atom. The molecule has 0 aliphatic carbocycles. The van der Waals surface area contributed by atoms with Crippen molar-refractivity contribution >= 4 is 27.5 Å². The lowest BCUT2D eigenvalue weighted by Crippen LogP contribution is -2.31. The third-order valence-electron chi connectivity index (χ3n) is 2.33. The van der Waals surface area contributed by atoms with Gasteiger partial charge in [-0.05, 0) is 30.8 Å². The van der Waals surface area contributed by atoms with Crippen LogP contribution < -0.4 is 0 Å². The molecule has 0 aromatic heterocycles. The summed E-state index contributed by atoms with van der Waals surface area (Å²) < 4.78 is 5.89. The van der Waals surface area contributed by atoms with Crippen LogP contribution in [-0.2, 0) is 11.3 Å². The SMILES string of the molecule is COCC(O)CN(C)Cc1cc(Br)ccc1Cl. The standard InChI is InChI=1S/C12H17BrClNO2/c1-15(7-11(16)8-17-2)6-9-5-10(13)3-4-12(9)14/h3-5,11,16H,6-8H2,1-2H3. The van der Waals surface area contributed by atoms with Gasteiger partial charge >= 0.3 is 0 Å². The number of hydrogen-bond donors (Lipinski definition) is 1. The molecule has 0 aliphatic heterocycles. The molecule has 1 aromatic carbocycles. The van der Waals surface area contributed by atoms with E-state index in [1.54, 1.807) is 7.11 Å². The summed E-state index contributed by atoms with van der Waals surface area (Å²) in [6.07, 6.45) is -0.476. The van der Waals surface area contributed by atoms with Gasteiger partial charge in [-0.3, -0.25) is 4.90 Å². The number of likely N-dealkylation sites (N-methyl/N-ethyl adjacent to an activating group) is 1. The van der Waals surface area contributed by atoms with E-state index in [0.717, 1.165) is 15.1 Å². The van der Waals surface area contributed by atoms with Gasteiger partial charge in [0.1, 0.15) is 0 Å². The second-order valence-electron chi connectivity index (χ2n) is 4.04. The average Bonchev–Trinajstić information content (AvgIpc) is 2.23. The number of aliphatic hydroxyl groups is 1. The Morgan fingerprint density at radius 2 is 2.24 bits per heavy atom. The van der Waals surface area contributed by atoms with Crippen molar-refractivity contribution in [3.05, 3.63) is 33.3 Å². The molecule has 0 heterocycles. The molecule has 0 fully saturated rings. The van der Waals surface area contributed by atoms with Gasteiger partial charge in [0.15, 0.2) is 0 Å². The Bertz CT molecular complexity index is 362. The van der Waals surface area contributed by atoms with Crippen molar-refractivity contribution in [3.63, 3.8) is 0 Å². The summed E-state index contributed by atoms with van der Waals surface area (Å²) in [6.45, 7) is 1.59. The fourth-order valence-electron chi connectivity index (χ4n) is 1.62. The zero-order valence-corrected chi connectivity index (χ0v) is 12.3. The van der Waals surface area contributed by atoms with Crippen LogP contribution in [0.25, 0.3) is 0 Å². The summed E-state index contributed by atoms with van der Waals surface area (Å²) in [6, 6.07) is 5.76. The van der Waals surface area contributed by atoms with E-state index in [1.165, 1.54) is 0 Å². The molecule has 1 atom stereocenters. The normalized spacial score (nSPS) is 13.1. The maximum Gasteiger partial charge on any atom is 0.0900 e. The average molecular weight is 323 g/mol. The van der Waals surface area contributed by atoms with Crippen molar-refractivity contribution in [2.45, 2.75) is 12.6 Å². The van der Waals surface area contributed by atoms with Crippen molar-refractivity contribution in [2.24, 2.45) is 0 Å². The number of methoxy groups -OCH3 is 1. The molecule has 1 aromatic rings. The molecule has 0 saturated carbocycles. The first-order chi connectivity index (χ1) is 8.02. The summed E-state index contributed by atoms with van der Waals surface area (Å²) in [5.41, 5.74) is 1.04. The summed E-state index contributed by atoms with van der Waals surface area (Å²) in [7, 11) is 3.52. The van der Waals surface area contributed by atoms with Crippen LogP contribution in [0.3, 0.4) is 0 Å². The minimum Gasteiger partial charge on any atom is -0.389 e. The minimum absolute atomic E-state index is 0.344. The predicted octanol–water partition coefficient (Wildman–Crippen LogP) is 2.54. The predicted molar refractivity (Wildman–Crippen MR) is 73.4 cm³/mol. The van der Waals surface area contributed by atoms with E-state index in [9.17, 15) is 5.11 Å². The molecule has 0 amide bonds. The Kier molecular flexibility index (Phi) is 6.44. The Hall–Kier alpha value is -0.130. The Morgan fingerprint density at radius 1 is 1.53 bits per heavy atom. The van der Waals surface area contributed by atoms with Gasteiger partial charge < -0.3 is 9.84 Å². The monoisotopic (exact) mass is 321 g/mol. The van der Waals surface area contributed by atoms with Crippen LogP contribution in [0, 0.1) is 0 Å². The molecule has 5 heteroatoms. The maximum absolute atomic E-state index is 9.61. The lowest BCUT2D eigenvalue weighted by atomic mass is 10.2. The quantitative estimate of drug-likeness (QED) is 0.873. The first-order valence-electron chi connectivity index (χ1n) is 5.32. The highest BCUT2D eigenvalue weighted by Crippen LogP contribution is 2.22. The van der Waals surface area contributed by atoms with Crippen molar-refractivity contribution < 1.29 is 9.84 Å². The van der Waals surface area contributed by atoms with Crippen molar-refractivity contribution in [1.29, 1.82) is 0 Å². The molecule has 0 bridgehead atoms. The molecule has 1 rings (SSSR count). The first kappa shape index (κ1) is 14.9. The highest BCUT2D eigenvalue weighted by Gasteiger charge is 2.10. The van der Waals surface area contributed by atoms with Gasteiger partial charge in [-0.1, -0.05) is 27.5 Å². The second kappa shape index (κ2) is 7.34. The molecule has 0 saturated heterocycles. The molecule has 96 valence electrons. The summed E-state index contributed by atoms with van der Waals surface area (Å²) in [5.74, 6) is 0. The van der Waals surface area contributed by atoms with Crippen LogP contribution in [0.5, 0.6) is 0 Å². The fourth-order valence-corrected chi connectivity index (χ4v) is 2.21. The van der Waals surface area contributed by atoms with Gasteiger partial charge in [0.2, 0.25) is 0 Å². The van der Waals surface area contributed by atoms with Crippen molar-refractivity contribution in [2.75, 3.05) is 27.3 Å². The largest absolute Gasteiger partial charge is 0.389 e. The molecule has 1 N–H and O–H groups in total. The van der Waals surface area contributed by atoms with E-state index in [4.69, 9.17) is 16.3 Å². The van der Waals surface area contributed by atoms with Crippen LogP contribution in [0.15, 0.2) is 22.7 Å². The molecular weight excluding hydrogens is 305 g/mol. The van der Waals surface area contributed by atoms with E-state index < -0.39 is 6.10 Å². The number of halogens is 2.